The number of ketones is 1. The van der Waals surface area contributed by atoms with Crippen LogP contribution in [0, 0.1) is 6.42 Å². The highest BCUT2D eigenvalue weighted by molar-refractivity contribution is 6.21. The molecular weight excluding hydrogens is 232 g/mol. The quantitative estimate of drug-likeness (QED) is 0.602. The van der Waals surface area contributed by atoms with Crippen molar-refractivity contribution in [2.24, 2.45) is 0 Å². The molecule has 0 saturated heterocycles. The molecule has 0 bridgehead atoms. The summed E-state index contributed by atoms with van der Waals surface area (Å²) in [6.45, 7) is 1.65. The Morgan fingerprint density at radius 3 is 2.47 bits per heavy atom. The average molecular weight is 245 g/mol. The highest BCUT2D eigenvalue weighted by atomic mass is 16.1. The normalized spacial score (nSPS) is 13.8. The highest BCUT2D eigenvalue weighted by Crippen LogP contribution is 2.30. The van der Waals surface area contributed by atoms with Gasteiger partial charge in [-0.25, -0.2) is 4.79 Å². The molecule has 3 aromatic carbocycles. The first-order valence-electron chi connectivity index (χ1n) is 6.57. The standard InChI is InChI=1S/C18H13O/c1-11(19)15-9-7-14-6-5-12-3-2-4-13-8-10-16(15)18(14)17(12)13/h2-6,8-10H,7H2,1H3/q+1. The van der Waals surface area contributed by atoms with Gasteiger partial charge in [0.15, 0.2) is 5.57 Å². The molecule has 1 aliphatic rings. The van der Waals surface area contributed by atoms with Crippen LogP contribution < -0.4 is 5.22 Å². The molecule has 1 aliphatic carbocycles. The molecule has 90 valence electrons. The van der Waals surface area contributed by atoms with Gasteiger partial charge in [0.25, 0.3) is 5.78 Å². The number of hydrogen-bond acceptors (Lipinski definition) is 1. The van der Waals surface area contributed by atoms with E-state index in [0.717, 1.165) is 17.2 Å². The second-order valence-electron chi connectivity index (χ2n) is 5.17. The van der Waals surface area contributed by atoms with Crippen molar-refractivity contribution in [3.63, 3.8) is 0 Å². The summed E-state index contributed by atoms with van der Waals surface area (Å²) in [6.07, 6.45) is 2.91. The number of rotatable bonds is 1. The van der Waals surface area contributed by atoms with E-state index in [2.05, 4.69) is 48.9 Å². The third-order valence-electron chi connectivity index (χ3n) is 4.06. The van der Waals surface area contributed by atoms with Crippen LogP contribution in [-0.2, 0) is 11.2 Å². The van der Waals surface area contributed by atoms with Gasteiger partial charge in [-0.15, -0.1) is 0 Å². The maximum absolute atomic E-state index is 11.8. The fourth-order valence-electron chi connectivity index (χ4n) is 3.20. The van der Waals surface area contributed by atoms with Gasteiger partial charge in [0, 0.05) is 31.2 Å². The van der Waals surface area contributed by atoms with Crippen LogP contribution in [0.2, 0.25) is 0 Å². The molecule has 0 radical (unpaired) electrons. The molecule has 0 atom stereocenters. The lowest BCUT2D eigenvalue weighted by Gasteiger charge is -2.12. The number of Topliss-reactive ketones (excluding diaryl/α,β-unsaturated/α-hetero) is 1. The Morgan fingerprint density at radius 2 is 1.74 bits per heavy atom. The first kappa shape index (κ1) is 10.6. The topological polar surface area (TPSA) is 17.1 Å². The summed E-state index contributed by atoms with van der Waals surface area (Å²) in [4.78, 5) is 11.8. The Morgan fingerprint density at radius 1 is 1.00 bits per heavy atom. The number of carbonyl (C=O) groups is 1. The van der Waals surface area contributed by atoms with Crippen molar-refractivity contribution in [2.75, 3.05) is 0 Å². The maximum atomic E-state index is 11.8. The van der Waals surface area contributed by atoms with Gasteiger partial charge in [0.05, 0.1) is 10.6 Å². The molecule has 0 saturated carbocycles. The fraction of sp³-hybridized carbons (Fsp3) is 0.111. The molecule has 0 N–H and O–H groups in total. The van der Waals surface area contributed by atoms with Crippen molar-refractivity contribution in [1.82, 2.24) is 0 Å². The fourth-order valence-corrected chi connectivity index (χ4v) is 3.20. The average Bonchev–Trinajstić information content (AvgIpc) is 2.44. The van der Waals surface area contributed by atoms with Gasteiger partial charge in [-0.05, 0) is 22.4 Å². The maximum Gasteiger partial charge on any atom is 0.266 e. The summed E-state index contributed by atoms with van der Waals surface area (Å²) in [5, 5.41) is 6.16. The third kappa shape index (κ3) is 1.36. The highest BCUT2D eigenvalue weighted by Gasteiger charge is 2.24. The Bertz CT molecular complexity index is 871. The van der Waals surface area contributed by atoms with E-state index in [1.807, 2.05) is 0 Å². The van der Waals surface area contributed by atoms with E-state index in [1.165, 1.54) is 27.1 Å². The van der Waals surface area contributed by atoms with E-state index < -0.39 is 0 Å². The zero-order chi connectivity index (χ0) is 13.0. The molecule has 0 fully saturated rings. The van der Waals surface area contributed by atoms with Crippen molar-refractivity contribution in [1.29, 1.82) is 0 Å². The first-order valence-corrected chi connectivity index (χ1v) is 6.57. The molecule has 4 rings (SSSR count). The summed E-state index contributed by atoms with van der Waals surface area (Å²) in [5.41, 5.74) is 2.19. The van der Waals surface area contributed by atoms with Crippen LogP contribution in [0.3, 0.4) is 0 Å². The lowest BCUT2D eigenvalue weighted by Crippen LogP contribution is -2.19. The van der Waals surface area contributed by atoms with Crippen LogP contribution in [0.5, 0.6) is 0 Å². The zero-order valence-corrected chi connectivity index (χ0v) is 10.7. The summed E-state index contributed by atoms with van der Waals surface area (Å²) in [5.74, 6) is 0.154. The van der Waals surface area contributed by atoms with Gasteiger partial charge in [0.1, 0.15) is 0 Å². The van der Waals surface area contributed by atoms with Crippen LogP contribution >= 0.6 is 0 Å². The monoisotopic (exact) mass is 245 g/mol. The molecule has 3 aromatic rings. The molecule has 19 heavy (non-hydrogen) atoms. The number of hydrogen-bond donors (Lipinski definition) is 0. The molecular formula is C18H13O+. The van der Waals surface area contributed by atoms with E-state index in [4.69, 9.17) is 0 Å². The van der Waals surface area contributed by atoms with Gasteiger partial charge >= 0.3 is 0 Å². The summed E-state index contributed by atoms with van der Waals surface area (Å²) in [6, 6.07) is 15.0. The molecule has 0 amide bonds. The van der Waals surface area contributed by atoms with Gasteiger partial charge in [-0.3, -0.25) is 0 Å². The van der Waals surface area contributed by atoms with Crippen LogP contribution in [0.1, 0.15) is 12.5 Å². The van der Waals surface area contributed by atoms with Gasteiger partial charge < -0.3 is 0 Å². The van der Waals surface area contributed by atoms with E-state index in [-0.39, 0.29) is 5.78 Å². The minimum absolute atomic E-state index is 0.154. The molecule has 0 unspecified atom stereocenters. The first-order chi connectivity index (χ1) is 9.25. The van der Waals surface area contributed by atoms with Crippen molar-refractivity contribution in [3.8, 4) is 0 Å². The number of benzene rings is 3. The molecule has 0 aliphatic heterocycles. The van der Waals surface area contributed by atoms with Crippen molar-refractivity contribution in [2.45, 2.75) is 13.3 Å². The van der Waals surface area contributed by atoms with Gasteiger partial charge in [-0.1, -0.05) is 30.3 Å². The Kier molecular flexibility index (Phi) is 2.02. The zero-order valence-electron chi connectivity index (χ0n) is 10.7. The minimum atomic E-state index is 0.154. The predicted octanol–water partition coefficient (Wildman–Crippen LogP) is 3.21. The summed E-state index contributed by atoms with van der Waals surface area (Å²) < 4.78 is 0. The van der Waals surface area contributed by atoms with Gasteiger partial charge in [0.2, 0.25) is 0 Å². The second-order valence-corrected chi connectivity index (χ2v) is 5.17. The lowest BCUT2D eigenvalue weighted by molar-refractivity contribution is -0.111. The minimum Gasteiger partial charge on any atom is -0.215 e. The van der Waals surface area contributed by atoms with Crippen LogP contribution in [0.25, 0.3) is 27.1 Å². The third-order valence-corrected chi connectivity index (χ3v) is 4.06. The Balaban J connectivity index is 2.37. The van der Waals surface area contributed by atoms with Crippen molar-refractivity contribution >= 4 is 32.9 Å². The van der Waals surface area contributed by atoms with Crippen molar-refractivity contribution in [3.05, 3.63) is 59.7 Å². The van der Waals surface area contributed by atoms with Crippen LogP contribution in [0.4, 0.5) is 0 Å². The van der Waals surface area contributed by atoms with E-state index >= 15 is 0 Å². The lowest BCUT2D eigenvalue weighted by atomic mass is 9.86. The summed E-state index contributed by atoms with van der Waals surface area (Å²) in [7, 11) is 0. The van der Waals surface area contributed by atoms with Crippen LogP contribution in [-0.4, -0.2) is 5.78 Å². The molecule has 1 heteroatoms. The molecule has 0 aromatic heterocycles. The van der Waals surface area contributed by atoms with Crippen LogP contribution in [0.15, 0.2) is 42.5 Å². The summed E-state index contributed by atoms with van der Waals surface area (Å²) >= 11 is 0. The van der Waals surface area contributed by atoms with E-state index in [0.29, 0.717) is 0 Å². The van der Waals surface area contributed by atoms with Crippen molar-refractivity contribution < 1.29 is 4.79 Å². The number of carbonyl (C=O) groups excluding carboxylic acids is 1. The molecule has 0 spiro atoms. The largest absolute Gasteiger partial charge is 0.266 e. The van der Waals surface area contributed by atoms with E-state index in [1.54, 1.807) is 6.92 Å². The smallest absolute Gasteiger partial charge is 0.215 e. The SMILES string of the molecule is CC(=O)C1=c2ccc3cccc4ccc(c2c43)C[CH+]1. The van der Waals surface area contributed by atoms with Gasteiger partial charge in [-0.2, -0.15) is 0 Å². The van der Waals surface area contributed by atoms with E-state index in [9.17, 15) is 4.79 Å². The Labute approximate surface area is 111 Å². The molecule has 1 nitrogen and oxygen atoms in total. The second kappa shape index (κ2) is 3.61. The predicted molar refractivity (Wildman–Crippen MR) is 78.8 cm³/mol. The molecule has 0 heterocycles. The Hall–Kier alpha value is -2.28.